The van der Waals surface area contributed by atoms with Gasteiger partial charge in [-0.1, -0.05) is 27.2 Å². The van der Waals surface area contributed by atoms with Gasteiger partial charge in [0.1, 0.15) is 0 Å². The minimum atomic E-state index is 0.000549. The zero-order chi connectivity index (χ0) is 26.0. The van der Waals surface area contributed by atoms with Gasteiger partial charge in [-0.3, -0.25) is 4.79 Å². The number of hydrogen-bond acceptors (Lipinski definition) is 4. The van der Waals surface area contributed by atoms with Crippen LogP contribution in [0.15, 0.2) is 0 Å². The van der Waals surface area contributed by atoms with Crippen molar-refractivity contribution in [3.05, 3.63) is 0 Å². The van der Waals surface area contributed by atoms with E-state index in [0.29, 0.717) is 29.8 Å². The summed E-state index contributed by atoms with van der Waals surface area (Å²) in [5.41, 5.74) is 1.06. The highest BCUT2D eigenvalue weighted by Gasteiger charge is 2.60. The largest absolute Gasteiger partial charge is 0.466 e. The first-order valence-corrected chi connectivity index (χ1v) is 16.5. The van der Waals surface area contributed by atoms with Crippen LogP contribution in [-0.4, -0.2) is 49.7 Å². The molecule has 0 aromatic rings. The summed E-state index contributed by atoms with van der Waals surface area (Å²) in [7, 11) is 0. The first kappa shape index (κ1) is 27.9. The lowest BCUT2D eigenvalue weighted by molar-refractivity contribution is -0.143. The van der Waals surface area contributed by atoms with Crippen molar-refractivity contribution in [1.29, 1.82) is 0 Å². The number of likely N-dealkylation sites (tertiary alicyclic amines) is 1. The first-order chi connectivity index (χ1) is 17.8. The molecule has 0 bridgehead atoms. The van der Waals surface area contributed by atoms with Gasteiger partial charge in [-0.15, -0.1) is 0 Å². The molecule has 5 aliphatic rings. The summed E-state index contributed by atoms with van der Waals surface area (Å²) in [6.07, 6.45) is 18.8. The molecular weight excluding hydrogens is 456 g/mol. The highest BCUT2D eigenvalue weighted by atomic mass is 16.5. The van der Waals surface area contributed by atoms with E-state index in [9.17, 15) is 4.79 Å². The summed E-state index contributed by atoms with van der Waals surface area (Å²) in [6, 6.07) is 0.754. The molecule has 5 fully saturated rings. The Labute approximate surface area is 228 Å². The van der Waals surface area contributed by atoms with E-state index in [1.807, 2.05) is 6.92 Å². The van der Waals surface area contributed by atoms with Crippen molar-refractivity contribution in [2.45, 2.75) is 124 Å². The van der Waals surface area contributed by atoms with Crippen LogP contribution in [0.1, 0.15) is 118 Å². The summed E-state index contributed by atoms with van der Waals surface area (Å²) in [4.78, 5) is 14.7. The molecule has 1 aliphatic heterocycles. The van der Waals surface area contributed by atoms with Crippen LogP contribution in [0.5, 0.6) is 0 Å². The SMILES string of the molecule is CCOC(=O)CC[C@@H](C)[C@H]1CCC2C3CC[C@H]4C[C@@H](NCCN5CCCCC5)CC[C@]4(C)C3CC[C@@]21C. The van der Waals surface area contributed by atoms with Crippen molar-refractivity contribution in [3.63, 3.8) is 0 Å². The van der Waals surface area contributed by atoms with Crippen LogP contribution in [0, 0.1) is 46.3 Å². The molecule has 5 rings (SSSR count). The van der Waals surface area contributed by atoms with Crippen LogP contribution in [0.3, 0.4) is 0 Å². The topological polar surface area (TPSA) is 41.6 Å². The van der Waals surface area contributed by atoms with E-state index in [-0.39, 0.29) is 5.97 Å². The molecule has 1 heterocycles. The number of hydrogen-bond donors (Lipinski definition) is 1. The quantitative estimate of drug-likeness (QED) is 0.334. The van der Waals surface area contributed by atoms with E-state index < -0.39 is 0 Å². The fourth-order valence-corrected chi connectivity index (χ4v) is 10.8. The molecule has 9 atom stereocenters. The second kappa shape index (κ2) is 11.9. The number of carbonyl (C=O) groups is 1. The van der Waals surface area contributed by atoms with E-state index in [4.69, 9.17) is 4.74 Å². The Balaban J connectivity index is 1.15. The number of fused-ring (bicyclic) bond motifs is 5. The molecule has 0 amide bonds. The summed E-state index contributed by atoms with van der Waals surface area (Å²) in [6.45, 7) is 15.3. The van der Waals surface area contributed by atoms with E-state index in [0.717, 1.165) is 42.1 Å². The van der Waals surface area contributed by atoms with Gasteiger partial charge < -0.3 is 15.0 Å². The van der Waals surface area contributed by atoms with Crippen LogP contribution in [0.2, 0.25) is 0 Å². The lowest BCUT2D eigenvalue weighted by atomic mass is 9.44. The monoisotopic (exact) mass is 514 g/mol. The minimum absolute atomic E-state index is 0.000549. The van der Waals surface area contributed by atoms with Gasteiger partial charge >= 0.3 is 5.97 Å². The van der Waals surface area contributed by atoms with Crippen molar-refractivity contribution in [3.8, 4) is 0 Å². The Kier molecular flexibility index (Phi) is 8.96. The zero-order valence-electron chi connectivity index (χ0n) is 24.7. The second-order valence-electron chi connectivity index (χ2n) is 14.5. The van der Waals surface area contributed by atoms with Gasteiger partial charge in [-0.05, 0) is 143 Å². The van der Waals surface area contributed by atoms with Crippen LogP contribution in [-0.2, 0) is 9.53 Å². The van der Waals surface area contributed by atoms with E-state index in [2.05, 4.69) is 31.0 Å². The fraction of sp³-hybridized carbons (Fsp3) is 0.970. The summed E-state index contributed by atoms with van der Waals surface area (Å²) < 4.78 is 5.23. The van der Waals surface area contributed by atoms with Gasteiger partial charge in [-0.25, -0.2) is 0 Å². The number of carbonyl (C=O) groups excluding carboxylic acids is 1. The maximum absolute atomic E-state index is 12.0. The van der Waals surface area contributed by atoms with Gasteiger partial charge in [0, 0.05) is 25.6 Å². The third-order valence-electron chi connectivity index (χ3n) is 12.8. The predicted octanol–water partition coefficient (Wildman–Crippen LogP) is 7.07. The Bertz CT molecular complexity index is 765. The van der Waals surface area contributed by atoms with Gasteiger partial charge in [0.2, 0.25) is 0 Å². The van der Waals surface area contributed by atoms with Crippen molar-refractivity contribution in [2.75, 3.05) is 32.8 Å². The molecule has 4 saturated carbocycles. The average molecular weight is 515 g/mol. The minimum Gasteiger partial charge on any atom is -0.466 e. The third-order valence-corrected chi connectivity index (χ3v) is 12.8. The molecule has 0 aromatic carbocycles. The molecule has 3 unspecified atom stereocenters. The van der Waals surface area contributed by atoms with Crippen LogP contribution >= 0.6 is 0 Å². The predicted molar refractivity (Wildman–Crippen MR) is 152 cm³/mol. The zero-order valence-corrected chi connectivity index (χ0v) is 24.7. The summed E-state index contributed by atoms with van der Waals surface area (Å²) in [5, 5.41) is 4.01. The Morgan fingerprint density at radius 1 is 0.973 bits per heavy atom. The number of nitrogens with zero attached hydrogens (tertiary/aromatic N) is 1. The summed E-state index contributed by atoms with van der Waals surface area (Å²) in [5.74, 6) is 5.17. The van der Waals surface area contributed by atoms with E-state index in [1.165, 1.54) is 103 Å². The van der Waals surface area contributed by atoms with Crippen molar-refractivity contribution < 1.29 is 9.53 Å². The molecule has 1 N–H and O–H groups in total. The Morgan fingerprint density at radius 3 is 2.51 bits per heavy atom. The van der Waals surface area contributed by atoms with Crippen LogP contribution in [0.4, 0.5) is 0 Å². The van der Waals surface area contributed by atoms with Crippen molar-refractivity contribution in [1.82, 2.24) is 10.2 Å². The van der Waals surface area contributed by atoms with Gasteiger partial charge in [-0.2, -0.15) is 0 Å². The van der Waals surface area contributed by atoms with E-state index in [1.54, 1.807) is 0 Å². The van der Waals surface area contributed by atoms with Crippen LogP contribution < -0.4 is 5.32 Å². The maximum atomic E-state index is 12.0. The number of esters is 1. The standard InChI is InChI=1S/C33H58N2O2/c1-5-37-31(36)14-9-24(2)28-12-13-29-27-11-10-25-23-26(34-19-22-35-20-7-6-8-21-35)15-17-32(25,3)30(27)16-18-33(28,29)4/h24-30,34H,5-23H2,1-4H3/t24-,25+,26+,27?,28-,29?,30?,32+,33-/m1/s1. The molecule has 4 nitrogen and oxygen atoms in total. The van der Waals surface area contributed by atoms with Crippen LogP contribution in [0.25, 0.3) is 0 Å². The smallest absolute Gasteiger partial charge is 0.305 e. The number of ether oxygens (including phenoxy) is 1. The normalized spacial score (nSPS) is 42.9. The molecular formula is C33H58N2O2. The molecule has 0 aromatic heterocycles. The molecule has 37 heavy (non-hydrogen) atoms. The Hall–Kier alpha value is -0.610. The molecule has 4 aliphatic carbocycles. The molecule has 1 saturated heterocycles. The fourth-order valence-electron chi connectivity index (χ4n) is 10.8. The Morgan fingerprint density at radius 2 is 1.73 bits per heavy atom. The summed E-state index contributed by atoms with van der Waals surface area (Å²) >= 11 is 0. The van der Waals surface area contributed by atoms with Gasteiger partial charge in [0.25, 0.3) is 0 Å². The van der Waals surface area contributed by atoms with Crippen molar-refractivity contribution in [2.24, 2.45) is 46.3 Å². The maximum Gasteiger partial charge on any atom is 0.305 e. The van der Waals surface area contributed by atoms with Crippen molar-refractivity contribution >= 4 is 5.97 Å². The van der Waals surface area contributed by atoms with Gasteiger partial charge in [0.15, 0.2) is 0 Å². The molecule has 212 valence electrons. The number of piperidine rings is 1. The molecule has 0 spiro atoms. The van der Waals surface area contributed by atoms with E-state index >= 15 is 0 Å². The average Bonchev–Trinajstić information content (AvgIpc) is 3.25. The lowest BCUT2D eigenvalue weighted by Gasteiger charge is -2.61. The highest BCUT2D eigenvalue weighted by Crippen LogP contribution is 2.68. The molecule has 4 heteroatoms. The number of nitrogens with one attached hydrogen (secondary N) is 1. The highest BCUT2D eigenvalue weighted by molar-refractivity contribution is 5.69. The molecule has 0 radical (unpaired) electrons. The van der Waals surface area contributed by atoms with Gasteiger partial charge in [0.05, 0.1) is 6.61 Å². The first-order valence-electron chi connectivity index (χ1n) is 16.5. The third kappa shape index (κ3) is 5.67. The second-order valence-corrected chi connectivity index (χ2v) is 14.5. The number of rotatable bonds is 9. The lowest BCUT2D eigenvalue weighted by Crippen LogP contribution is -2.55.